The summed E-state index contributed by atoms with van der Waals surface area (Å²) in [6.07, 6.45) is 0. The van der Waals surface area contributed by atoms with E-state index in [9.17, 15) is 19.8 Å². The first-order chi connectivity index (χ1) is 12.2. The molecule has 0 radical (unpaired) electrons. The molecule has 2 N–H and O–H groups in total. The van der Waals surface area contributed by atoms with Gasteiger partial charge in [0.25, 0.3) is 0 Å². The van der Waals surface area contributed by atoms with Crippen LogP contribution < -0.4 is 10.6 Å². The van der Waals surface area contributed by atoms with Crippen molar-refractivity contribution < 1.29 is 19.8 Å². The zero-order valence-electron chi connectivity index (χ0n) is 13.0. The van der Waals surface area contributed by atoms with Crippen molar-refractivity contribution in [2.24, 2.45) is 4.99 Å². The van der Waals surface area contributed by atoms with Crippen LogP contribution in [0.5, 0.6) is 0 Å². The lowest BCUT2D eigenvalue weighted by Crippen LogP contribution is -2.37. The Hall–Kier alpha value is -2.15. The largest absolute Gasteiger partial charge is 0.479 e. The minimum absolute atomic E-state index is 0.0866. The number of carbonyl (C=O) groups is 2. The summed E-state index contributed by atoms with van der Waals surface area (Å²) in [6.45, 7) is 3.56. The second-order valence-corrected chi connectivity index (χ2v) is 7.33. The van der Waals surface area contributed by atoms with Crippen LogP contribution in [0.15, 0.2) is 58.0 Å². The Bertz CT molecular complexity index is 1100. The highest BCUT2D eigenvalue weighted by Gasteiger charge is 2.49. The molecule has 2 aromatic carbocycles. The highest BCUT2D eigenvalue weighted by atomic mass is 79.9. The Kier molecular flexibility index (Phi) is 4.69. The third kappa shape index (κ3) is 2.74. The fourth-order valence-corrected chi connectivity index (χ4v) is 3.81. The van der Waals surface area contributed by atoms with Gasteiger partial charge in [0.2, 0.25) is 5.54 Å². The van der Waals surface area contributed by atoms with Crippen molar-refractivity contribution in [1.29, 1.82) is 0 Å². The van der Waals surface area contributed by atoms with Crippen LogP contribution in [-0.4, -0.2) is 22.2 Å². The predicted octanol–water partition coefficient (Wildman–Crippen LogP) is 3.16. The lowest BCUT2D eigenvalue weighted by Gasteiger charge is -2.26. The van der Waals surface area contributed by atoms with Crippen LogP contribution in [0.1, 0.15) is 5.56 Å². The molecule has 0 saturated heterocycles. The highest BCUT2D eigenvalue weighted by Crippen LogP contribution is 2.40. The zero-order valence-corrected chi connectivity index (χ0v) is 16.1. The Morgan fingerprint density at radius 2 is 1.73 bits per heavy atom. The Morgan fingerprint density at radius 1 is 1.12 bits per heavy atom. The van der Waals surface area contributed by atoms with E-state index in [1.807, 2.05) is 0 Å². The van der Waals surface area contributed by atoms with Gasteiger partial charge in [-0.1, -0.05) is 57.8 Å². The topological polar surface area (TPSA) is 87.0 Å². The molecular weight excluding hydrogens is 445 g/mol. The monoisotopic (exact) mass is 453 g/mol. The minimum Gasteiger partial charge on any atom is -0.479 e. The lowest BCUT2D eigenvalue weighted by atomic mass is 9.80. The summed E-state index contributed by atoms with van der Waals surface area (Å²) in [7, 11) is 0. The second kappa shape index (κ2) is 6.54. The van der Waals surface area contributed by atoms with Crippen molar-refractivity contribution >= 4 is 56.6 Å². The number of hydrogen-bond acceptors (Lipinski definition) is 3. The van der Waals surface area contributed by atoms with Crippen LogP contribution in [0.3, 0.4) is 0 Å². The SMILES string of the molecule is C=C(C(=O)O)C1=c2c(Cl)cc(Cl)cc2=NC1(C(=O)O)c1ccc(Br)cc1. The summed E-state index contributed by atoms with van der Waals surface area (Å²) < 4.78 is 0.733. The van der Waals surface area contributed by atoms with Crippen molar-refractivity contribution in [2.75, 3.05) is 0 Å². The van der Waals surface area contributed by atoms with E-state index in [1.54, 1.807) is 24.3 Å². The fourth-order valence-electron chi connectivity index (χ4n) is 2.97. The Morgan fingerprint density at radius 3 is 2.27 bits per heavy atom. The first-order valence-corrected chi connectivity index (χ1v) is 8.75. The molecule has 1 heterocycles. The first-order valence-electron chi connectivity index (χ1n) is 7.20. The van der Waals surface area contributed by atoms with E-state index in [2.05, 4.69) is 27.5 Å². The van der Waals surface area contributed by atoms with E-state index in [4.69, 9.17) is 23.2 Å². The quantitative estimate of drug-likeness (QED) is 0.694. The van der Waals surface area contributed by atoms with E-state index >= 15 is 0 Å². The van der Waals surface area contributed by atoms with Gasteiger partial charge in [0.15, 0.2) is 0 Å². The molecule has 0 saturated carbocycles. The van der Waals surface area contributed by atoms with Crippen molar-refractivity contribution in [1.82, 2.24) is 0 Å². The molecule has 1 atom stereocenters. The highest BCUT2D eigenvalue weighted by molar-refractivity contribution is 9.10. The molecule has 0 amide bonds. The Balaban J connectivity index is 2.52. The third-order valence-electron chi connectivity index (χ3n) is 4.07. The number of hydrogen-bond donors (Lipinski definition) is 2. The number of nitrogens with zero attached hydrogens (tertiary/aromatic N) is 1. The van der Waals surface area contributed by atoms with Crippen molar-refractivity contribution in [3.05, 3.63) is 79.2 Å². The predicted molar refractivity (Wildman–Crippen MR) is 101 cm³/mol. The fraction of sp³-hybridized carbons (Fsp3) is 0.0556. The first kappa shape index (κ1) is 18.6. The van der Waals surface area contributed by atoms with E-state index in [0.717, 1.165) is 4.47 Å². The number of aliphatic carboxylic acids is 2. The van der Waals surface area contributed by atoms with Gasteiger partial charge in [-0.3, -0.25) is 4.99 Å². The molecule has 0 aromatic heterocycles. The summed E-state index contributed by atoms with van der Waals surface area (Å²) in [6, 6.07) is 9.26. The van der Waals surface area contributed by atoms with Crippen LogP contribution in [-0.2, 0) is 15.1 Å². The third-order valence-corrected chi connectivity index (χ3v) is 5.11. The summed E-state index contributed by atoms with van der Waals surface area (Å²) in [4.78, 5) is 28.4. The average molecular weight is 455 g/mol. The van der Waals surface area contributed by atoms with Crippen LogP contribution >= 0.6 is 39.1 Å². The van der Waals surface area contributed by atoms with Gasteiger partial charge in [-0.25, -0.2) is 9.59 Å². The number of fused-ring (bicyclic) bond motifs is 1. The van der Waals surface area contributed by atoms with Gasteiger partial charge in [0.05, 0.1) is 16.0 Å². The molecule has 0 bridgehead atoms. The molecule has 132 valence electrons. The number of carboxylic acid groups (broad SMARTS) is 2. The number of carboxylic acids is 2. The summed E-state index contributed by atoms with van der Waals surface area (Å²) in [5.41, 5.74) is -2.21. The maximum absolute atomic E-state index is 12.4. The van der Waals surface area contributed by atoms with Crippen molar-refractivity contribution in [3.63, 3.8) is 0 Å². The van der Waals surface area contributed by atoms with Gasteiger partial charge in [-0.15, -0.1) is 0 Å². The molecule has 1 aliphatic rings. The van der Waals surface area contributed by atoms with Gasteiger partial charge in [-0.2, -0.15) is 0 Å². The zero-order chi connectivity index (χ0) is 19.2. The van der Waals surface area contributed by atoms with Crippen LogP contribution in [0, 0.1) is 0 Å². The average Bonchev–Trinajstić information content (AvgIpc) is 2.90. The van der Waals surface area contributed by atoms with Crippen molar-refractivity contribution in [3.8, 4) is 0 Å². The molecular formula is C18H10BrCl2NO4. The lowest BCUT2D eigenvalue weighted by molar-refractivity contribution is -0.141. The van der Waals surface area contributed by atoms with Crippen molar-refractivity contribution in [2.45, 2.75) is 5.54 Å². The van der Waals surface area contributed by atoms with Crippen LogP contribution in [0.4, 0.5) is 0 Å². The Labute approximate surface area is 166 Å². The summed E-state index contributed by atoms with van der Waals surface area (Å²) in [5.74, 6) is -2.71. The summed E-state index contributed by atoms with van der Waals surface area (Å²) in [5, 5.41) is 20.3. The maximum atomic E-state index is 12.4. The van der Waals surface area contributed by atoms with Gasteiger partial charge in [0.1, 0.15) is 0 Å². The molecule has 0 aliphatic carbocycles. The van der Waals surface area contributed by atoms with Gasteiger partial charge >= 0.3 is 11.9 Å². The van der Waals surface area contributed by atoms with Gasteiger partial charge in [0, 0.05) is 20.3 Å². The smallest absolute Gasteiger partial charge is 0.341 e. The molecule has 3 rings (SSSR count). The standard InChI is InChI=1S/C18H10BrCl2NO4/c1-8(16(23)24)15-14-12(21)6-11(20)7-13(14)22-18(15,17(25)26)9-2-4-10(19)5-3-9/h2-7H,1H2,(H,23,24)(H,25,26). The van der Waals surface area contributed by atoms with Gasteiger partial charge in [-0.05, 0) is 29.8 Å². The summed E-state index contributed by atoms with van der Waals surface area (Å²) >= 11 is 15.6. The minimum atomic E-state index is -1.99. The molecule has 8 heteroatoms. The number of rotatable bonds is 4. The number of halogens is 3. The van der Waals surface area contributed by atoms with Gasteiger partial charge < -0.3 is 10.2 Å². The van der Waals surface area contributed by atoms with E-state index in [1.165, 1.54) is 12.1 Å². The van der Waals surface area contributed by atoms with Crippen LogP contribution in [0.25, 0.3) is 5.57 Å². The molecule has 1 unspecified atom stereocenters. The van der Waals surface area contributed by atoms with E-state index in [0.29, 0.717) is 0 Å². The normalized spacial score (nSPS) is 18.2. The molecule has 26 heavy (non-hydrogen) atoms. The van der Waals surface area contributed by atoms with E-state index in [-0.39, 0.29) is 31.8 Å². The maximum Gasteiger partial charge on any atom is 0.341 e. The van der Waals surface area contributed by atoms with E-state index < -0.39 is 23.1 Å². The molecule has 2 aromatic rings. The second-order valence-electron chi connectivity index (χ2n) is 5.57. The molecule has 0 fully saturated rings. The number of benzene rings is 2. The molecule has 5 nitrogen and oxygen atoms in total. The molecule has 0 spiro atoms. The van der Waals surface area contributed by atoms with Crippen LogP contribution in [0.2, 0.25) is 10.0 Å². The molecule has 1 aliphatic heterocycles.